The zero-order chi connectivity index (χ0) is 28.4. The van der Waals surface area contributed by atoms with Crippen LogP contribution in [0.3, 0.4) is 0 Å². The quantitative estimate of drug-likeness (QED) is 0.160. The third kappa shape index (κ3) is 7.90. The Kier molecular flexibility index (Phi) is 9.19. The first-order valence-electron chi connectivity index (χ1n) is 13.2. The van der Waals surface area contributed by atoms with Crippen molar-refractivity contribution in [3.05, 3.63) is 119 Å². The van der Waals surface area contributed by atoms with Crippen molar-refractivity contribution in [2.75, 3.05) is 30.0 Å². The molecule has 0 fully saturated rings. The second kappa shape index (κ2) is 13.5. The number of benzene rings is 4. The monoisotopic (exact) mass is 568 g/mol. The maximum absolute atomic E-state index is 12.6. The molecule has 8 heteroatoms. The van der Waals surface area contributed by atoms with Crippen LogP contribution in [0.25, 0.3) is 6.08 Å². The highest BCUT2D eigenvalue weighted by atomic mass is 35.5. The summed E-state index contributed by atoms with van der Waals surface area (Å²) in [5.74, 6) is 1.62. The van der Waals surface area contributed by atoms with Crippen molar-refractivity contribution in [1.82, 2.24) is 0 Å². The fourth-order valence-corrected chi connectivity index (χ4v) is 4.37. The highest BCUT2D eigenvalue weighted by Crippen LogP contribution is 2.34. The van der Waals surface area contributed by atoms with Crippen LogP contribution in [-0.4, -0.2) is 31.6 Å². The molecule has 0 spiro atoms. The number of anilines is 2. The summed E-state index contributed by atoms with van der Waals surface area (Å²) in [6.45, 7) is 1.34. The number of carbonyl (C=O) groups is 2. The Balaban J connectivity index is 1.14. The minimum atomic E-state index is -0.291. The fourth-order valence-electron chi connectivity index (χ4n) is 4.24. The molecule has 1 N–H and O–H groups in total. The Morgan fingerprint density at radius 1 is 0.927 bits per heavy atom. The predicted octanol–water partition coefficient (Wildman–Crippen LogP) is 6.77. The molecule has 41 heavy (non-hydrogen) atoms. The fraction of sp³-hybridized carbons (Fsp3) is 0.152. The minimum Gasteiger partial charge on any atom is -0.494 e. The standard InChI is InChI=1S/C33H29ClN2O5/c34-26-10-15-28(16-11-26)39-20-4-19-36-30-21-27(12-17-31(30)41-23-33(36)38)35-32(37)18-9-24-7-13-29(14-8-24)40-22-25-5-2-1-3-6-25/h1-3,5-18,21H,4,19-20,22-23H2,(H,35,37)/b18-9+. The van der Waals surface area contributed by atoms with Crippen molar-refractivity contribution < 1.29 is 23.8 Å². The third-order valence-corrected chi connectivity index (χ3v) is 6.59. The summed E-state index contributed by atoms with van der Waals surface area (Å²) >= 11 is 5.91. The lowest BCUT2D eigenvalue weighted by Gasteiger charge is -2.29. The normalized spacial score (nSPS) is 12.5. The van der Waals surface area contributed by atoms with Crippen molar-refractivity contribution in [3.8, 4) is 17.2 Å². The van der Waals surface area contributed by atoms with E-state index in [0.29, 0.717) is 54.1 Å². The van der Waals surface area contributed by atoms with Gasteiger partial charge in [0.05, 0.1) is 12.3 Å². The Hall–Kier alpha value is -4.75. The summed E-state index contributed by atoms with van der Waals surface area (Å²) in [5.41, 5.74) is 3.13. The molecule has 0 saturated carbocycles. The molecular formula is C33H29ClN2O5. The topological polar surface area (TPSA) is 77.1 Å². The zero-order valence-electron chi connectivity index (χ0n) is 22.3. The van der Waals surface area contributed by atoms with Crippen LogP contribution in [0.15, 0.2) is 103 Å². The van der Waals surface area contributed by atoms with Gasteiger partial charge < -0.3 is 24.4 Å². The summed E-state index contributed by atoms with van der Waals surface area (Å²) in [6.07, 6.45) is 3.81. The number of halogens is 1. The predicted molar refractivity (Wildman–Crippen MR) is 161 cm³/mol. The van der Waals surface area contributed by atoms with E-state index in [4.69, 9.17) is 25.8 Å². The van der Waals surface area contributed by atoms with E-state index in [0.717, 1.165) is 16.9 Å². The maximum atomic E-state index is 12.6. The van der Waals surface area contributed by atoms with Gasteiger partial charge in [0.25, 0.3) is 5.91 Å². The molecule has 208 valence electrons. The van der Waals surface area contributed by atoms with Gasteiger partial charge in [-0.3, -0.25) is 9.59 Å². The summed E-state index contributed by atoms with van der Waals surface area (Å²) in [7, 11) is 0. The molecule has 4 aromatic rings. The molecular weight excluding hydrogens is 540 g/mol. The molecule has 0 atom stereocenters. The number of rotatable bonds is 11. The van der Waals surface area contributed by atoms with Crippen LogP contribution in [0.4, 0.5) is 11.4 Å². The molecule has 0 bridgehead atoms. The van der Waals surface area contributed by atoms with Crippen LogP contribution < -0.4 is 24.4 Å². The summed E-state index contributed by atoms with van der Waals surface area (Å²) in [5, 5.41) is 3.51. The third-order valence-electron chi connectivity index (χ3n) is 6.33. The Morgan fingerprint density at radius 3 is 2.44 bits per heavy atom. The number of fused-ring (bicyclic) bond motifs is 1. The van der Waals surface area contributed by atoms with E-state index < -0.39 is 0 Å². The van der Waals surface area contributed by atoms with Gasteiger partial charge in [-0.25, -0.2) is 0 Å². The van der Waals surface area contributed by atoms with Crippen molar-refractivity contribution in [2.45, 2.75) is 13.0 Å². The number of hydrogen-bond donors (Lipinski definition) is 1. The van der Waals surface area contributed by atoms with E-state index in [9.17, 15) is 9.59 Å². The second-order valence-corrected chi connectivity index (χ2v) is 9.77. The van der Waals surface area contributed by atoms with E-state index in [-0.39, 0.29) is 18.4 Å². The van der Waals surface area contributed by atoms with E-state index in [2.05, 4.69) is 5.32 Å². The van der Waals surface area contributed by atoms with Crippen LogP contribution in [0, 0.1) is 0 Å². The van der Waals surface area contributed by atoms with Gasteiger partial charge in [-0.2, -0.15) is 0 Å². The highest BCUT2D eigenvalue weighted by molar-refractivity contribution is 6.30. The molecule has 0 radical (unpaired) electrons. The average molecular weight is 569 g/mol. The molecule has 7 nitrogen and oxygen atoms in total. The van der Waals surface area contributed by atoms with Crippen molar-refractivity contribution in [1.29, 1.82) is 0 Å². The van der Waals surface area contributed by atoms with Crippen molar-refractivity contribution in [3.63, 3.8) is 0 Å². The highest BCUT2D eigenvalue weighted by Gasteiger charge is 2.25. The van der Waals surface area contributed by atoms with Crippen molar-refractivity contribution >= 4 is 40.9 Å². The van der Waals surface area contributed by atoms with Gasteiger partial charge in [-0.1, -0.05) is 54.1 Å². The number of carbonyl (C=O) groups excluding carboxylic acids is 2. The molecule has 0 saturated heterocycles. The largest absolute Gasteiger partial charge is 0.494 e. The summed E-state index contributed by atoms with van der Waals surface area (Å²) in [6, 6.07) is 29.9. The lowest BCUT2D eigenvalue weighted by Crippen LogP contribution is -2.39. The first-order valence-corrected chi connectivity index (χ1v) is 13.6. The van der Waals surface area contributed by atoms with Gasteiger partial charge in [0, 0.05) is 23.3 Å². The maximum Gasteiger partial charge on any atom is 0.265 e. The Labute approximate surface area is 243 Å². The number of nitrogens with zero attached hydrogens (tertiary/aromatic N) is 1. The lowest BCUT2D eigenvalue weighted by molar-refractivity contribution is -0.121. The van der Waals surface area contributed by atoms with Crippen LogP contribution in [0.2, 0.25) is 5.02 Å². The molecule has 5 rings (SSSR count). The number of amides is 2. The Morgan fingerprint density at radius 2 is 1.66 bits per heavy atom. The molecule has 1 aliphatic rings. The molecule has 0 aliphatic carbocycles. The SMILES string of the molecule is O=C(/C=C/c1ccc(OCc2ccccc2)cc1)Nc1ccc2c(c1)N(CCCOc1ccc(Cl)cc1)C(=O)CO2. The molecule has 2 amide bonds. The van der Waals surface area contributed by atoms with E-state index in [1.54, 1.807) is 53.4 Å². The number of nitrogens with one attached hydrogen (secondary N) is 1. The van der Waals surface area contributed by atoms with Gasteiger partial charge >= 0.3 is 0 Å². The van der Waals surface area contributed by atoms with Crippen LogP contribution in [-0.2, 0) is 16.2 Å². The first-order chi connectivity index (χ1) is 20.0. The smallest absolute Gasteiger partial charge is 0.265 e. The zero-order valence-corrected chi connectivity index (χ0v) is 23.1. The van der Waals surface area contributed by atoms with Gasteiger partial charge in [-0.05, 0) is 78.2 Å². The molecule has 4 aromatic carbocycles. The number of ether oxygens (including phenoxy) is 3. The summed E-state index contributed by atoms with van der Waals surface area (Å²) in [4.78, 5) is 26.9. The lowest BCUT2D eigenvalue weighted by atomic mass is 10.2. The molecule has 1 heterocycles. The van der Waals surface area contributed by atoms with Crippen LogP contribution in [0.1, 0.15) is 17.5 Å². The number of hydrogen-bond acceptors (Lipinski definition) is 5. The average Bonchev–Trinajstić information content (AvgIpc) is 3.00. The van der Waals surface area contributed by atoms with Gasteiger partial charge in [0.2, 0.25) is 5.91 Å². The first kappa shape index (κ1) is 27.8. The molecule has 1 aliphatic heterocycles. The second-order valence-electron chi connectivity index (χ2n) is 9.34. The van der Waals surface area contributed by atoms with E-state index >= 15 is 0 Å². The molecule has 0 aromatic heterocycles. The summed E-state index contributed by atoms with van der Waals surface area (Å²) < 4.78 is 17.2. The van der Waals surface area contributed by atoms with Crippen molar-refractivity contribution in [2.24, 2.45) is 0 Å². The Bertz CT molecular complexity index is 1510. The van der Waals surface area contributed by atoms with E-state index in [1.165, 1.54) is 6.08 Å². The molecule has 0 unspecified atom stereocenters. The van der Waals surface area contributed by atoms with Crippen LogP contribution >= 0.6 is 11.6 Å². The van der Waals surface area contributed by atoms with Gasteiger partial charge in [0.1, 0.15) is 23.9 Å². The van der Waals surface area contributed by atoms with Crippen LogP contribution in [0.5, 0.6) is 17.2 Å². The minimum absolute atomic E-state index is 0.0322. The van der Waals surface area contributed by atoms with E-state index in [1.807, 2.05) is 54.6 Å². The van der Waals surface area contributed by atoms with Gasteiger partial charge in [-0.15, -0.1) is 0 Å². The van der Waals surface area contributed by atoms with Gasteiger partial charge in [0.15, 0.2) is 6.61 Å².